The number of rotatable bonds is 4. The van der Waals surface area contributed by atoms with Crippen molar-refractivity contribution < 1.29 is 0 Å². The van der Waals surface area contributed by atoms with E-state index in [0.29, 0.717) is 11.8 Å². The van der Waals surface area contributed by atoms with E-state index < -0.39 is 0 Å². The lowest BCUT2D eigenvalue weighted by atomic mass is 9.87. The summed E-state index contributed by atoms with van der Waals surface area (Å²) in [4.78, 5) is 14.4. The highest BCUT2D eigenvalue weighted by Gasteiger charge is 2.17. The van der Waals surface area contributed by atoms with Gasteiger partial charge in [-0.2, -0.15) is 4.98 Å². The van der Waals surface area contributed by atoms with Gasteiger partial charge in [0, 0.05) is 16.3 Å². The van der Waals surface area contributed by atoms with Crippen LogP contribution in [0.2, 0.25) is 0 Å². The van der Waals surface area contributed by atoms with Crippen LogP contribution < -0.4 is 0 Å². The summed E-state index contributed by atoms with van der Waals surface area (Å²) in [5.74, 6) is 1.27. The van der Waals surface area contributed by atoms with Gasteiger partial charge in [-0.15, -0.1) is 0 Å². The third kappa shape index (κ3) is 3.97. The van der Waals surface area contributed by atoms with Crippen LogP contribution in [-0.2, 0) is 6.42 Å². The second kappa shape index (κ2) is 10.4. The van der Waals surface area contributed by atoms with Gasteiger partial charge in [0.1, 0.15) is 6.33 Å². The Bertz CT molecular complexity index is 2590. The van der Waals surface area contributed by atoms with Crippen LogP contribution in [0.5, 0.6) is 0 Å². The van der Waals surface area contributed by atoms with Crippen LogP contribution in [0.3, 0.4) is 0 Å². The van der Waals surface area contributed by atoms with Crippen LogP contribution in [0.4, 0.5) is 0 Å². The zero-order valence-corrected chi connectivity index (χ0v) is 25.7. The molecule has 0 saturated heterocycles. The van der Waals surface area contributed by atoms with Gasteiger partial charge in [-0.1, -0.05) is 110 Å². The number of benzene rings is 7. The normalized spacial score (nSPS) is 11.8. The first-order valence-corrected chi connectivity index (χ1v) is 15.8. The van der Waals surface area contributed by atoms with Crippen molar-refractivity contribution in [1.82, 2.24) is 19.5 Å². The molecular weight excluding hydrogens is 560 g/mol. The van der Waals surface area contributed by atoms with Gasteiger partial charge in [0.15, 0.2) is 5.82 Å². The van der Waals surface area contributed by atoms with Gasteiger partial charge in [0.2, 0.25) is 5.95 Å². The van der Waals surface area contributed by atoms with Gasteiger partial charge in [-0.05, 0) is 92.2 Å². The molecule has 2 aromatic heterocycles. The van der Waals surface area contributed by atoms with Crippen molar-refractivity contribution in [3.8, 4) is 28.5 Å². The molecule has 7 aromatic carbocycles. The van der Waals surface area contributed by atoms with Gasteiger partial charge < -0.3 is 0 Å². The SMILES string of the molecule is CCc1ccc(-c2ncnc(-n3c4ccccc4c4ccccc43)n2)cc1-c1cc2c3ccccc3c3ccccc3c2cc1C. The first kappa shape index (κ1) is 26.5. The van der Waals surface area contributed by atoms with Crippen molar-refractivity contribution in [2.75, 3.05) is 0 Å². The topological polar surface area (TPSA) is 43.6 Å². The fourth-order valence-electron chi connectivity index (χ4n) is 7.30. The predicted molar refractivity (Wildman–Crippen MR) is 192 cm³/mol. The number of hydrogen-bond acceptors (Lipinski definition) is 3. The van der Waals surface area contributed by atoms with E-state index >= 15 is 0 Å². The van der Waals surface area contributed by atoms with Crippen molar-refractivity contribution in [3.05, 3.63) is 145 Å². The summed E-state index contributed by atoms with van der Waals surface area (Å²) in [5, 5.41) is 10.1. The van der Waals surface area contributed by atoms with Gasteiger partial charge in [-0.25, -0.2) is 9.97 Å². The van der Waals surface area contributed by atoms with E-state index in [-0.39, 0.29) is 0 Å². The molecule has 0 fully saturated rings. The van der Waals surface area contributed by atoms with E-state index in [1.807, 2.05) is 0 Å². The lowest BCUT2D eigenvalue weighted by Crippen LogP contribution is -2.03. The molecular formula is C42H30N4. The maximum absolute atomic E-state index is 5.06. The van der Waals surface area contributed by atoms with Crippen LogP contribution in [0.15, 0.2) is 134 Å². The Morgan fingerprint density at radius 1 is 0.522 bits per heavy atom. The lowest BCUT2D eigenvalue weighted by molar-refractivity contribution is 0.946. The molecule has 2 heterocycles. The third-order valence-electron chi connectivity index (χ3n) is 9.47. The van der Waals surface area contributed by atoms with Gasteiger partial charge >= 0.3 is 0 Å². The molecule has 0 aliphatic carbocycles. The standard InChI is InChI=1S/C42H30N4/c1-3-27-20-21-28(41-43-25-44-42(45-41)46-39-18-10-8-16-33(39)34-17-9-11-19-40(34)46)23-36(27)35-24-38-32-15-7-5-13-30(32)29-12-4-6-14-31(29)37(38)22-26(35)2/h4-25H,3H2,1-2H3. The minimum absolute atomic E-state index is 0.615. The Morgan fingerprint density at radius 3 is 1.67 bits per heavy atom. The van der Waals surface area contributed by atoms with Crippen molar-refractivity contribution >= 4 is 54.1 Å². The zero-order chi connectivity index (χ0) is 30.8. The van der Waals surface area contributed by atoms with Crippen LogP contribution >= 0.6 is 0 Å². The second-order valence-electron chi connectivity index (χ2n) is 12.0. The third-order valence-corrected chi connectivity index (χ3v) is 9.47. The molecule has 218 valence electrons. The van der Waals surface area contributed by atoms with Crippen LogP contribution in [-0.4, -0.2) is 19.5 Å². The van der Waals surface area contributed by atoms with Crippen LogP contribution in [0.25, 0.3) is 82.6 Å². The molecule has 0 aliphatic heterocycles. The van der Waals surface area contributed by atoms with Gasteiger partial charge in [-0.3, -0.25) is 4.57 Å². The van der Waals surface area contributed by atoms with Crippen LogP contribution in [0.1, 0.15) is 18.1 Å². The Kier molecular flexibility index (Phi) is 5.97. The number of aryl methyl sites for hydroxylation is 2. The molecule has 9 rings (SSSR count). The second-order valence-corrected chi connectivity index (χ2v) is 12.0. The largest absolute Gasteiger partial charge is 0.278 e. The molecule has 0 unspecified atom stereocenters. The highest BCUT2D eigenvalue weighted by Crippen LogP contribution is 2.40. The van der Waals surface area contributed by atoms with E-state index in [0.717, 1.165) is 23.0 Å². The fraction of sp³-hybridized carbons (Fsp3) is 0.0714. The quantitative estimate of drug-likeness (QED) is 0.192. The maximum Gasteiger partial charge on any atom is 0.238 e. The van der Waals surface area contributed by atoms with Crippen molar-refractivity contribution in [2.45, 2.75) is 20.3 Å². The van der Waals surface area contributed by atoms with E-state index in [2.05, 4.69) is 156 Å². The molecule has 0 radical (unpaired) electrons. The molecule has 4 nitrogen and oxygen atoms in total. The van der Waals surface area contributed by atoms with Crippen molar-refractivity contribution in [2.24, 2.45) is 0 Å². The van der Waals surface area contributed by atoms with Gasteiger partial charge in [0.25, 0.3) is 0 Å². The monoisotopic (exact) mass is 590 g/mol. The number of para-hydroxylation sites is 2. The molecule has 0 saturated carbocycles. The van der Waals surface area contributed by atoms with Crippen molar-refractivity contribution in [1.29, 1.82) is 0 Å². The summed E-state index contributed by atoms with van der Waals surface area (Å²) in [6, 6.07) is 45.8. The molecule has 0 spiro atoms. The summed E-state index contributed by atoms with van der Waals surface area (Å²) in [5.41, 5.74) is 8.14. The number of aromatic nitrogens is 4. The summed E-state index contributed by atoms with van der Waals surface area (Å²) >= 11 is 0. The molecule has 46 heavy (non-hydrogen) atoms. The molecule has 0 bridgehead atoms. The molecule has 0 aliphatic rings. The van der Waals surface area contributed by atoms with E-state index in [1.165, 1.54) is 65.3 Å². The van der Waals surface area contributed by atoms with E-state index in [4.69, 9.17) is 4.98 Å². The summed E-state index contributed by atoms with van der Waals surface area (Å²) in [7, 11) is 0. The average Bonchev–Trinajstić information content (AvgIpc) is 3.46. The Balaban J connectivity index is 1.24. The van der Waals surface area contributed by atoms with Crippen LogP contribution in [0, 0.1) is 6.92 Å². The summed E-state index contributed by atoms with van der Waals surface area (Å²) in [6.45, 7) is 4.45. The number of hydrogen-bond donors (Lipinski definition) is 0. The molecule has 0 N–H and O–H groups in total. The first-order chi connectivity index (χ1) is 22.7. The smallest absolute Gasteiger partial charge is 0.238 e. The number of nitrogens with zero attached hydrogens (tertiary/aromatic N) is 4. The van der Waals surface area contributed by atoms with Crippen molar-refractivity contribution in [3.63, 3.8) is 0 Å². The first-order valence-electron chi connectivity index (χ1n) is 15.8. The highest BCUT2D eigenvalue weighted by atomic mass is 15.2. The molecule has 4 heteroatoms. The lowest BCUT2D eigenvalue weighted by Gasteiger charge is -2.17. The maximum atomic E-state index is 5.06. The minimum Gasteiger partial charge on any atom is -0.278 e. The molecule has 9 aromatic rings. The molecule has 0 amide bonds. The summed E-state index contributed by atoms with van der Waals surface area (Å²) in [6.07, 6.45) is 2.56. The highest BCUT2D eigenvalue weighted by molar-refractivity contribution is 6.26. The number of fused-ring (bicyclic) bond motifs is 9. The Hall–Kier alpha value is -5.87. The minimum atomic E-state index is 0.615. The average molecular weight is 591 g/mol. The fourth-order valence-corrected chi connectivity index (χ4v) is 7.30. The Labute approximate surface area is 266 Å². The molecule has 0 atom stereocenters. The zero-order valence-electron chi connectivity index (χ0n) is 25.7. The summed E-state index contributed by atoms with van der Waals surface area (Å²) < 4.78 is 2.14. The van der Waals surface area contributed by atoms with E-state index in [9.17, 15) is 0 Å². The van der Waals surface area contributed by atoms with Gasteiger partial charge in [0.05, 0.1) is 11.0 Å². The Morgan fingerprint density at radius 2 is 1.07 bits per heavy atom. The van der Waals surface area contributed by atoms with E-state index in [1.54, 1.807) is 6.33 Å². The predicted octanol–water partition coefficient (Wildman–Crippen LogP) is 10.6.